The van der Waals surface area contributed by atoms with Gasteiger partial charge in [-0.1, -0.05) is 17.7 Å². The first-order chi connectivity index (χ1) is 12.6. The normalized spacial score (nSPS) is 20.3. The zero-order valence-electron chi connectivity index (χ0n) is 15.4. The first-order valence-electron chi connectivity index (χ1n) is 9.73. The monoisotopic (exact) mass is 371 g/mol. The van der Waals surface area contributed by atoms with Crippen LogP contribution in [0.5, 0.6) is 0 Å². The highest BCUT2D eigenvalue weighted by molar-refractivity contribution is 6.36. The number of halogens is 1. The van der Waals surface area contributed by atoms with Crippen LogP contribution in [0.3, 0.4) is 0 Å². The van der Waals surface area contributed by atoms with Crippen molar-refractivity contribution in [2.24, 2.45) is 0 Å². The number of amides is 1. The molecule has 0 spiro atoms. The topological polar surface area (TPSA) is 45.2 Å². The van der Waals surface area contributed by atoms with Gasteiger partial charge in [-0.3, -0.25) is 9.78 Å². The Hall–Kier alpha value is -1.65. The van der Waals surface area contributed by atoms with Gasteiger partial charge in [0.25, 0.3) is 5.91 Å². The number of aryl methyl sites for hydroxylation is 1. The summed E-state index contributed by atoms with van der Waals surface area (Å²) >= 11 is 6.62. The van der Waals surface area contributed by atoms with Crippen LogP contribution in [-0.4, -0.2) is 42.0 Å². The van der Waals surface area contributed by atoms with Gasteiger partial charge in [-0.05, 0) is 76.2 Å². The van der Waals surface area contributed by atoms with Crippen molar-refractivity contribution < 1.29 is 4.79 Å². The second-order valence-corrected chi connectivity index (χ2v) is 7.99. The Morgan fingerprint density at radius 3 is 2.96 bits per heavy atom. The van der Waals surface area contributed by atoms with Gasteiger partial charge in [-0.25, -0.2) is 0 Å². The van der Waals surface area contributed by atoms with Crippen LogP contribution in [0.4, 0.5) is 0 Å². The van der Waals surface area contributed by atoms with Crippen molar-refractivity contribution in [3.8, 4) is 0 Å². The van der Waals surface area contributed by atoms with Crippen molar-refractivity contribution in [2.45, 2.75) is 51.0 Å². The van der Waals surface area contributed by atoms with Crippen molar-refractivity contribution in [3.05, 3.63) is 40.0 Å². The second-order valence-electron chi connectivity index (χ2n) is 7.61. The van der Waals surface area contributed by atoms with Crippen molar-refractivity contribution in [3.63, 3.8) is 0 Å². The number of hydrogen-bond acceptors (Lipinski definition) is 3. The van der Waals surface area contributed by atoms with E-state index in [1.54, 1.807) is 0 Å². The Bertz CT molecular complexity index is 836. The Labute approximate surface area is 159 Å². The van der Waals surface area contributed by atoms with E-state index >= 15 is 0 Å². The summed E-state index contributed by atoms with van der Waals surface area (Å²) in [5, 5.41) is 4.84. The third-order valence-electron chi connectivity index (χ3n) is 5.89. The molecular weight excluding hydrogens is 346 g/mol. The molecule has 1 aliphatic heterocycles. The predicted molar refractivity (Wildman–Crippen MR) is 106 cm³/mol. The molecule has 26 heavy (non-hydrogen) atoms. The quantitative estimate of drug-likeness (QED) is 0.884. The summed E-state index contributed by atoms with van der Waals surface area (Å²) in [6.07, 6.45) is 7.83. The molecule has 5 heteroatoms. The average molecular weight is 372 g/mol. The van der Waals surface area contributed by atoms with Gasteiger partial charge in [0.2, 0.25) is 0 Å². The lowest BCUT2D eigenvalue weighted by atomic mass is 9.94. The molecule has 0 bridgehead atoms. The largest absolute Gasteiger partial charge is 0.352 e. The van der Waals surface area contributed by atoms with Gasteiger partial charge in [0.1, 0.15) is 0 Å². The summed E-state index contributed by atoms with van der Waals surface area (Å²) < 4.78 is 0. The number of fused-ring (bicyclic) bond motifs is 2. The van der Waals surface area contributed by atoms with Gasteiger partial charge in [-0.15, -0.1) is 0 Å². The van der Waals surface area contributed by atoms with E-state index in [2.05, 4.69) is 17.3 Å². The lowest BCUT2D eigenvalue weighted by Gasteiger charge is -2.19. The van der Waals surface area contributed by atoms with Crippen LogP contribution in [-0.2, 0) is 12.8 Å². The number of rotatable bonds is 4. The molecule has 1 fully saturated rings. The molecule has 1 aromatic heterocycles. The molecule has 138 valence electrons. The molecule has 2 aliphatic rings. The molecule has 1 saturated heterocycles. The van der Waals surface area contributed by atoms with Crippen LogP contribution in [0.2, 0.25) is 5.02 Å². The minimum absolute atomic E-state index is 0.0248. The third-order valence-corrected chi connectivity index (χ3v) is 6.32. The first-order valence-corrected chi connectivity index (χ1v) is 10.1. The molecule has 1 N–H and O–H groups in total. The van der Waals surface area contributed by atoms with Crippen LogP contribution in [0, 0.1) is 0 Å². The Kier molecular flexibility index (Phi) is 5.14. The highest BCUT2D eigenvalue weighted by atomic mass is 35.5. The Morgan fingerprint density at radius 1 is 1.31 bits per heavy atom. The standard InChI is InChI=1S/C21H26ClN3O/c1-25-12-4-5-15(25)10-11-23-21(26)14-8-9-17-19(13-14)24-18-7-3-2-6-16(18)20(17)22/h8-9,13,15H,2-7,10-12H2,1H3,(H,23,26). The molecule has 2 heterocycles. The van der Waals surface area contributed by atoms with Crippen molar-refractivity contribution in [1.29, 1.82) is 0 Å². The molecule has 0 saturated carbocycles. The zero-order chi connectivity index (χ0) is 18.1. The summed E-state index contributed by atoms with van der Waals surface area (Å²) in [5.74, 6) is -0.0248. The van der Waals surface area contributed by atoms with Gasteiger partial charge in [0, 0.05) is 29.2 Å². The van der Waals surface area contributed by atoms with Gasteiger partial charge in [0.15, 0.2) is 0 Å². The van der Waals surface area contributed by atoms with Gasteiger partial charge in [0.05, 0.1) is 10.5 Å². The van der Waals surface area contributed by atoms with E-state index in [1.807, 2.05) is 18.2 Å². The van der Waals surface area contributed by atoms with E-state index in [0.717, 1.165) is 47.3 Å². The summed E-state index contributed by atoms with van der Waals surface area (Å²) in [6.45, 7) is 1.88. The molecule has 4 rings (SSSR count). The number of hydrogen-bond donors (Lipinski definition) is 1. The maximum Gasteiger partial charge on any atom is 0.251 e. The predicted octanol–water partition coefficient (Wildman–Crippen LogP) is 3.98. The molecule has 4 nitrogen and oxygen atoms in total. The molecule has 1 aliphatic carbocycles. The van der Waals surface area contributed by atoms with Crippen LogP contribution in [0.1, 0.15) is 53.7 Å². The van der Waals surface area contributed by atoms with Crippen LogP contribution < -0.4 is 5.32 Å². The number of benzene rings is 1. The highest BCUT2D eigenvalue weighted by Gasteiger charge is 2.21. The highest BCUT2D eigenvalue weighted by Crippen LogP contribution is 2.33. The third kappa shape index (κ3) is 3.45. The Balaban J connectivity index is 1.48. The maximum atomic E-state index is 12.5. The summed E-state index contributed by atoms with van der Waals surface area (Å²) in [4.78, 5) is 19.7. The number of nitrogens with zero attached hydrogens (tertiary/aromatic N) is 2. The summed E-state index contributed by atoms with van der Waals surface area (Å²) in [5.41, 5.74) is 3.80. The van der Waals surface area contributed by atoms with E-state index < -0.39 is 0 Å². The molecule has 1 aromatic carbocycles. The smallest absolute Gasteiger partial charge is 0.251 e. The maximum absolute atomic E-state index is 12.5. The van der Waals surface area contributed by atoms with Crippen LogP contribution >= 0.6 is 11.6 Å². The number of likely N-dealkylation sites (tertiary alicyclic amines) is 1. The van der Waals surface area contributed by atoms with Crippen LogP contribution in [0.25, 0.3) is 10.9 Å². The lowest BCUT2D eigenvalue weighted by Crippen LogP contribution is -2.31. The SMILES string of the molecule is CN1CCCC1CCNC(=O)c1ccc2c(Cl)c3c(nc2c1)CCCC3. The fourth-order valence-electron chi connectivity index (χ4n) is 4.31. The fraction of sp³-hybridized carbons (Fsp3) is 0.524. The summed E-state index contributed by atoms with van der Waals surface area (Å²) in [6, 6.07) is 6.29. The fourth-order valence-corrected chi connectivity index (χ4v) is 4.67. The molecule has 0 radical (unpaired) electrons. The minimum atomic E-state index is -0.0248. The average Bonchev–Trinajstić information content (AvgIpc) is 3.06. The van der Waals surface area contributed by atoms with Gasteiger partial charge in [-0.2, -0.15) is 0 Å². The van der Waals surface area contributed by atoms with Crippen molar-refractivity contribution in [1.82, 2.24) is 15.2 Å². The molecule has 2 aromatic rings. The van der Waals surface area contributed by atoms with E-state index in [9.17, 15) is 4.79 Å². The number of aromatic nitrogens is 1. The van der Waals surface area contributed by atoms with E-state index in [4.69, 9.17) is 16.6 Å². The number of pyridine rings is 1. The van der Waals surface area contributed by atoms with Crippen LogP contribution in [0.15, 0.2) is 18.2 Å². The van der Waals surface area contributed by atoms with Gasteiger partial charge < -0.3 is 10.2 Å². The second kappa shape index (κ2) is 7.53. The van der Waals surface area contributed by atoms with E-state index in [0.29, 0.717) is 18.2 Å². The molecule has 1 amide bonds. The molecule has 1 atom stereocenters. The minimum Gasteiger partial charge on any atom is -0.352 e. The molecule has 1 unspecified atom stereocenters. The van der Waals surface area contributed by atoms with E-state index in [-0.39, 0.29) is 5.91 Å². The summed E-state index contributed by atoms with van der Waals surface area (Å²) in [7, 11) is 2.17. The number of nitrogens with one attached hydrogen (secondary N) is 1. The van der Waals surface area contributed by atoms with Gasteiger partial charge >= 0.3 is 0 Å². The van der Waals surface area contributed by atoms with Crippen molar-refractivity contribution in [2.75, 3.05) is 20.1 Å². The Morgan fingerprint density at radius 2 is 2.15 bits per heavy atom. The zero-order valence-corrected chi connectivity index (χ0v) is 16.1. The van der Waals surface area contributed by atoms with E-state index in [1.165, 1.54) is 31.4 Å². The first kappa shape index (κ1) is 17.7. The molecular formula is C21H26ClN3O. The lowest BCUT2D eigenvalue weighted by molar-refractivity contribution is 0.0950. The van der Waals surface area contributed by atoms with Crippen molar-refractivity contribution >= 4 is 28.4 Å². The number of carbonyl (C=O) groups excluding carboxylic acids is 1. The number of carbonyl (C=O) groups is 1.